The van der Waals surface area contributed by atoms with Gasteiger partial charge in [-0.05, 0) is 65.6 Å². The fraction of sp³-hybridized carbons (Fsp3) is 0.625. The molecule has 1 N–H and O–H groups in total. The summed E-state index contributed by atoms with van der Waals surface area (Å²) in [5, 5.41) is 4.56. The third-order valence-electron chi connectivity index (χ3n) is 4.26. The minimum Gasteiger partial charge on any atom is -0.486 e. The first-order valence-electron chi connectivity index (χ1n) is 7.60. The molecular formula is C16H22BrNO2S. The van der Waals surface area contributed by atoms with Crippen LogP contribution in [0.1, 0.15) is 31.2 Å². The number of hydrogen-bond acceptors (Lipinski definition) is 4. The van der Waals surface area contributed by atoms with E-state index >= 15 is 0 Å². The third-order valence-corrected chi connectivity index (χ3v) is 5.99. The molecule has 0 atom stereocenters. The molecule has 1 aliphatic carbocycles. The first-order valence-corrected chi connectivity index (χ1v) is 9.68. The molecule has 1 aliphatic heterocycles. The Hall–Kier alpha value is -0.390. The van der Waals surface area contributed by atoms with Gasteiger partial charge in [0.15, 0.2) is 11.5 Å². The Morgan fingerprint density at radius 1 is 1.19 bits per heavy atom. The Labute approximate surface area is 139 Å². The highest BCUT2D eigenvalue weighted by molar-refractivity contribution is 9.10. The number of benzene rings is 1. The molecule has 0 bridgehead atoms. The van der Waals surface area contributed by atoms with Gasteiger partial charge in [0.1, 0.15) is 13.2 Å². The second-order valence-corrected chi connectivity index (χ2v) is 7.68. The highest BCUT2D eigenvalue weighted by atomic mass is 79.9. The molecule has 1 fully saturated rings. The Morgan fingerprint density at radius 3 is 2.71 bits per heavy atom. The van der Waals surface area contributed by atoms with Gasteiger partial charge < -0.3 is 14.8 Å². The summed E-state index contributed by atoms with van der Waals surface area (Å²) in [5.41, 5.74) is 1.25. The van der Waals surface area contributed by atoms with E-state index in [4.69, 9.17) is 9.47 Å². The molecule has 21 heavy (non-hydrogen) atoms. The van der Waals surface area contributed by atoms with E-state index in [2.05, 4.69) is 39.6 Å². The lowest BCUT2D eigenvalue weighted by atomic mass is 9.95. The van der Waals surface area contributed by atoms with Crippen LogP contribution in [0.4, 0.5) is 0 Å². The van der Waals surface area contributed by atoms with Crippen molar-refractivity contribution in [1.82, 2.24) is 5.32 Å². The maximum Gasteiger partial charge on any atom is 0.175 e. The Bertz CT molecular complexity index is 489. The first-order chi connectivity index (χ1) is 10.3. The van der Waals surface area contributed by atoms with E-state index in [-0.39, 0.29) is 0 Å². The number of halogens is 1. The molecule has 116 valence electrons. The van der Waals surface area contributed by atoms with Crippen molar-refractivity contribution >= 4 is 27.7 Å². The van der Waals surface area contributed by atoms with E-state index in [9.17, 15) is 0 Å². The van der Waals surface area contributed by atoms with Crippen LogP contribution in [-0.2, 0) is 6.54 Å². The maximum atomic E-state index is 5.68. The Kier molecular flexibility index (Phi) is 5.35. The van der Waals surface area contributed by atoms with Crippen LogP contribution in [0.3, 0.4) is 0 Å². The Balaban J connectivity index is 1.57. The van der Waals surface area contributed by atoms with E-state index in [1.165, 1.54) is 31.2 Å². The lowest BCUT2D eigenvalue weighted by Crippen LogP contribution is -2.33. The fourth-order valence-corrected chi connectivity index (χ4v) is 4.38. The van der Waals surface area contributed by atoms with Gasteiger partial charge in [0.25, 0.3) is 0 Å². The van der Waals surface area contributed by atoms with Crippen molar-refractivity contribution < 1.29 is 9.47 Å². The smallest absolute Gasteiger partial charge is 0.175 e. The monoisotopic (exact) mass is 371 g/mol. The van der Waals surface area contributed by atoms with E-state index in [0.29, 0.717) is 19.3 Å². The predicted octanol–water partition coefficient (Wildman–Crippen LogP) is 3.98. The van der Waals surface area contributed by atoms with Crippen molar-refractivity contribution in [2.45, 2.75) is 43.5 Å². The molecule has 3 nitrogen and oxygen atoms in total. The van der Waals surface area contributed by atoms with Gasteiger partial charge in [0.05, 0.1) is 4.47 Å². The van der Waals surface area contributed by atoms with Crippen LogP contribution in [0.5, 0.6) is 11.5 Å². The van der Waals surface area contributed by atoms with Crippen LogP contribution < -0.4 is 14.8 Å². The molecule has 2 aliphatic rings. The summed E-state index contributed by atoms with van der Waals surface area (Å²) in [4.78, 5) is 0. The van der Waals surface area contributed by atoms with Gasteiger partial charge >= 0.3 is 0 Å². The molecule has 1 heterocycles. The quantitative estimate of drug-likeness (QED) is 0.866. The summed E-state index contributed by atoms with van der Waals surface area (Å²) in [7, 11) is 0. The number of nitrogens with one attached hydrogen (secondary N) is 1. The molecule has 3 rings (SSSR count). The maximum absolute atomic E-state index is 5.68. The normalized spacial score (nSPS) is 24.9. The molecule has 0 aromatic heterocycles. The molecule has 0 unspecified atom stereocenters. The van der Waals surface area contributed by atoms with Crippen molar-refractivity contribution in [2.75, 3.05) is 19.5 Å². The number of fused-ring (bicyclic) bond motifs is 1. The summed E-state index contributed by atoms with van der Waals surface area (Å²) >= 11 is 5.60. The van der Waals surface area contributed by atoms with Crippen LogP contribution in [-0.4, -0.2) is 30.8 Å². The summed E-state index contributed by atoms with van der Waals surface area (Å²) in [6.45, 7) is 2.15. The summed E-state index contributed by atoms with van der Waals surface area (Å²) in [6.07, 6.45) is 7.48. The van der Waals surface area contributed by atoms with Gasteiger partial charge in [0, 0.05) is 17.8 Å². The number of thioether (sulfide) groups is 1. The van der Waals surface area contributed by atoms with Crippen molar-refractivity contribution in [3.63, 3.8) is 0 Å². The zero-order valence-corrected chi connectivity index (χ0v) is 14.8. The second kappa shape index (κ2) is 7.25. The SMILES string of the molecule is CSC1CCC(NCc2cc(Br)c3c(c2)OCCO3)CC1. The minimum absolute atomic E-state index is 0.627. The van der Waals surface area contributed by atoms with Crippen molar-refractivity contribution in [3.05, 3.63) is 22.2 Å². The molecule has 0 saturated heterocycles. The molecule has 1 saturated carbocycles. The molecule has 0 amide bonds. The Morgan fingerprint density at radius 2 is 1.95 bits per heavy atom. The van der Waals surface area contributed by atoms with Crippen molar-refractivity contribution in [2.24, 2.45) is 0 Å². The van der Waals surface area contributed by atoms with Crippen molar-refractivity contribution in [1.29, 1.82) is 0 Å². The van der Waals surface area contributed by atoms with E-state index in [0.717, 1.165) is 27.8 Å². The fourth-order valence-electron chi connectivity index (χ4n) is 3.03. The van der Waals surface area contributed by atoms with Crippen molar-refractivity contribution in [3.8, 4) is 11.5 Å². The molecular weight excluding hydrogens is 350 g/mol. The van der Waals surface area contributed by atoms with Gasteiger partial charge in [0.2, 0.25) is 0 Å². The molecule has 1 aromatic carbocycles. The molecule has 0 spiro atoms. The van der Waals surface area contributed by atoms with Crippen LogP contribution in [0.2, 0.25) is 0 Å². The molecule has 0 radical (unpaired) electrons. The van der Waals surface area contributed by atoms with Crippen LogP contribution >= 0.6 is 27.7 Å². The second-order valence-electron chi connectivity index (χ2n) is 5.69. The van der Waals surface area contributed by atoms with Crippen LogP contribution in [0.25, 0.3) is 0 Å². The average molecular weight is 372 g/mol. The largest absolute Gasteiger partial charge is 0.486 e. The zero-order valence-electron chi connectivity index (χ0n) is 12.4. The molecule has 5 heteroatoms. The van der Waals surface area contributed by atoms with E-state index in [1.807, 2.05) is 11.8 Å². The first kappa shape index (κ1) is 15.5. The standard InChI is InChI=1S/C16H22BrNO2S/c1-21-13-4-2-12(3-5-13)18-10-11-8-14(17)16-15(9-11)19-6-7-20-16/h8-9,12-13,18H,2-7,10H2,1H3. The topological polar surface area (TPSA) is 30.5 Å². The van der Waals surface area contributed by atoms with Crippen LogP contribution in [0, 0.1) is 0 Å². The average Bonchev–Trinajstić information content (AvgIpc) is 2.53. The van der Waals surface area contributed by atoms with Gasteiger partial charge in [-0.2, -0.15) is 11.8 Å². The summed E-state index contributed by atoms with van der Waals surface area (Å²) < 4.78 is 12.3. The highest BCUT2D eigenvalue weighted by Gasteiger charge is 2.21. The number of ether oxygens (including phenoxy) is 2. The van der Waals surface area contributed by atoms with Gasteiger partial charge in [-0.1, -0.05) is 0 Å². The lowest BCUT2D eigenvalue weighted by molar-refractivity contribution is 0.170. The molecule has 1 aromatic rings. The van der Waals surface area contributed by atoms with Gasteiger partial charge in [-0.3, -0.25) is 0 Å². The van der Waals surface area contributed by atoms with Gasteiger partial charge in [-0.25, -0.2) is 0 Å². The predicted molar refractivity (Wildman–Crippen MR) is 91.5 cm³/mol. The number of rotatable bonds is 4. The van der Waals surface area contributed by atoms with Crippen LogP contribution in [0.15, 0.2) is 16.6 Å². The minimum atomic E-state index is 0.627. The van der Waals surface area contributed by atoms with Gasteiger partial charge in [-0.15, -0.1) is 0 Å². The third kappa shape index (κ3) is 3.88. The zero-order chi connectivity index (χ0) is 14.7. The lowest BCUT2D eigenvalue weighted by Gasteiger charge is -2.28. The van der Waals surface area contributed by atoms with E-state index < -0.39 is 0 Å². The number of hydrogen-bond donors (Lipinski definition) is 1. The summed E-state index contributed by atoms with van der Waals surface area (Å²) in [6, 6.07) is 4.88. The van der Waals surface area contributed by atoms with E-state index in [1.54, 1.807) is 0 Å². The highest BCUT2D eigenvalue weighted by Crippen LogP contribution is 2.38. The summed E-state index contributed by atoms with van der Waals surface area (Å²) in [5.74, 6) is 1.70.